The van der Waals surface area contributed by atoms with Crippen LogP contribution in [0.5, 0.6) is 17.2 Å². The average molecular weight is 391 g/mol. The molecule has 0 aromatic heterocycles. The minimum atomic E-state index is -3.85. The number of benzene rings is 2. The van der Waals surface area contributed by atoms with Gasteiger partial charge in [0.15, 0.2) is 11.5 Å². The van der Waals surface area contributed by atoms with Gasteiger partial charge in [-0.1, -0.05) is 12.1 Å². The van der Waals surface area contributed by atoms with E-state index in [0.29, 0.717) is 17.2 Å². The van der Waals surface area contributed by atoms with E-state index in [4.69, 9.17) is 9.47 Å². The van der Waals surface area contributed by atoms with Gasteiger partial charge in [0, 0.05) is 6.54 Å². The van der Waals surface area contributed by atoms with Gasteiger partial charge < -0.3 is 14.8 Å². The number of nitrogens with one attached hydrogen (secondary N) is 3. The molecule has 27 heavy (non-hydrogen) atoms. The molecule has 0 bridgehead atoms. The molecule has 0 spiro atoms. The number of hydrogen-bond acceptors (Lipinski definition) is 6. The van der Waals surface area contributed by atoms with E-state index < -0.39 is 28.0 Å². The van der Waals surface area contributed by atoms with E-state index in [1.54, 1.807) is 24.3 Å². The monoisotopic (exact) mass is 391 g/mol. The van der Waals surface area contributed by atoms with Crippen LogP contribution in [-0.4, -0.2) is 40.1 Å². The lowest BCUT2D eigenvalue weighted by atomic mass is 10.3. The van der Waals surface area contributed by atoms with Crippen LogP contribution < -0.4 is 24.8 Å². The normalized spacial score (nSPS) is 16.6. The molecule has 0 saturated carbocycles. The first-order valence-electron chi connectivity index (χ1n) is 7.91. The van der Waals surface area contributed by atoms with Crippen LogP contribution >= 0.6 is 0 Å². The molecule has 1 fully saturated rings. The molecule has 3 amide bonds. The van der Waals surface area contributed by atoms with Gasteiger partial charge in [0.05, 0.1) is 12.0 Å². The van der Waals surface area contributed by atoms with Crippen LogP contribution in [0.3, 0.4) is 0 Å². The number of imide groups is 1. The van der Waals surface area contributed by atoms with Crippen molar-refractivity contribution < 1.29 is 27.5 Å². The predicted molar refractivity (Wildman–Crippen MR) is 95.2 cm³/mol. The van der Waals surface area contributed by atoms with Crippen molar-refractivity contribution in [3.63, 3.8) is 0 Å². The van der Waals surface area contributed by atoms with Gasteiger partial charge >= 0.3 is 6.03 Å². The number of methoxy groups -OCH3 is 1. The maximum atomic E-state index is 12.3. The standard InChI is InChI=1S/C17H17N3O6S/c1-25-14-4-2-3-5-15(14)26-11-6-8-12(9-7-11)27(23,24)18-10-13-16(21)20-17(22)19-13/h2-9,13,18H,10H2,1H3,(H2,19,20,21,22). The van der Waals surface area contributed by atoms with Crippen molar-refractivity contribution in [3.05, 3.63) is 48.5 Å². The van der Waals surface area contributed by atoms with Crippen molar-refractivity contribution in [1.29, 1.82) is 0 Å². The second-order valence-corrected chi connectivity index (χ2v) is 7.36. The molecule has 2 aromatic carbocycles. The number of carbonyl (C=O) groups is 2. The number of carbonyl (C=O) groups excluding carboxylic acids is 2. The smallest absolute Gasteiger partial charge is 0.322 e. The molecule has 10 heteroatoms. The lowest BCUT2D eigenvalue weighted by Crippen LogP contribution is -2.41. The van der Waals surface area contributed by atoms with Gasteiger partial charge in [-0.15, -0.1) is 0 Å². The molecule has 1 unspecified atom stereocenters. The fraction of sp³-hybridized carbons (Fsp3) is 0.176. The lowest BCUT2D eigenvalue weighted by molar-refractivity contribution is -0.120. The Morgan fingerprint density at radius 1 is 1.04 bits per heavy atom. The van der Waals surface area contributed by atoms with Crippen molar-refractivity contribution in [2.45, 2.75) is 10.9 Å². The summed E-state index contributed by atoms with van der Waals surface area (Å²) in [6.45, 7) is -0.251. The first-order chi connectivity index (χ1) is 12.9. The molecule has 1 atom stereocenters. The zero-order valence-electron chi connectivity index (χ0n) is 14.3. The van der Waals surface area contributed by atoms with E-state index in [2.05, 4.69) is 10.0 Å². The zero-order chi connectivity index (χ0) is 19.4. The summed E-state index contributed by atoms with van der Waals surface area (Å²) in [4.78, 5) is 22.5. The van der Waals surface area contributed by atoms with Gasteiger partial charge in [0.2, 0.25) is 10.0 Å². The Hall–Kier alpha value is -3.11. The maximum absolute atomic E-state index is 12.3. The van der Waals surface area contributed by atoms with Gasteiger partial charge in [-0.3, -0.25) is 10.1 Å². The van der Waals surface area contributed by atoms with E-state index in [1.165, 1.54) is 31.4 Å². The highest BCUT2D eigenvalue weighted by molar-refractivity contribution is 7.89. The Balaban J connectivity index is 1.67. The molecule has 9 nitrogen and oxygen atoms in total. The molecule has 142 valence electrons. The van der Waals surface area contributed by atoms with Crippen LogP contribution in [0.2, 0.25) is 0 Å². The molecule has 1 aliphatic heterocycles. The number of hydrogen-bond donors (Lipinski definition) is 3. The number of sulfonamides is 1. The molecular weight excluding hydrogens is 374 g/mol. The fourth-order valence-electron chi connectivity index (χ4n) is 2.40. The van der Waals surface area contributed by atoms with Crippen molar-refractivity contribution in [3.8, 4) is 17.2 Å². The molecule has 1 aliphatic rings. The molecule has 0 radical (unpaired) electrons. The van der Waals surface area contributed by atoms with Gasteiger partial charge in [-0.05, 0) is 36.4 Å². The largest absolute Gasteiger partial charge is 0.493 e. The summed E-state index contributed by atoms with van der Waals surface area (Å²) in [5.74, 6) is 0.897. The highest BCUT2D eigenvalue weighted by Gasteiger charge is 2.30. The molecule has 3 N–H and O–H groups in total. The number of ether oxygens (including phenoxy) is 2. The highest BCUT2D eigenvalue weighted by Crippen LogP contribution is 2.31. The predicted octanol–water partition coefficient (Wildman–Crippen LogP) is 0.974. The first kappa shape index (κ1) is 18.7. The third-order valence-corrected chi connectivity index (χ3v) is 5.21. The van der Waals surface area contributed by atoms with Crippen molar-refractivity contribution in [2.24, 2.45) is 0 Å². The Kier molecular flexibility index (Phi) is 5.28. The zero-order valence-corrected chi connectivity index (χ0v) is 15.1. The molecule has 1 heterocycles. The van der Waals surface area contributed by atoms with Crippen LogP contribution in [0, 0.1) is 0 Å². The highest BCUT2D eigenvalue weighted by atomic mass is 32.2. The Labute approximate surface area is 155 Å². The summed E-state index contributed by atoms with van der Waals surface area (Å²) < 4.78 is 37.8. The minimum Gasteiger partial charge on any atom is -0.493 e. The van der Waals surface area contributed by atoms with E-state index in [0.717, 1.165) is 0 Å². The van der Waals surface area contributed by atoms with E-state index in [9.17, 15) is 18.0 Å². The van der Waals surface area contributed by atoms with E-state index in [1.807, 2.05) is 5.32 Å². The Morgan fingerprint density at radius 2 is 1.70 bits per heavy atom. The molecule has 1 saturated heterocycles. The molecule has 2 aromatic rings. The quantitative estimate of drug-likeness (QED) is 0.605. The molecule has 0 aliphatic carbocycles. The molecule has 3 rings (SSSR count). The summed E-state index contributed by atoms with van der Waals surface area (Å²) in [6.07, 6.45) is 0. The van der Waals surface area contributed by atoms with Gasteiger partial charge in [-0.25, -0.2) is 17.9 Å². The number of rotatable bonds is 7. The maximum Gasteiger partial charge on any atom is 0.322 e. The summed E-state index contributed by atoms with van der Waals surface area (Å²) in [5.41, 5.74) is 0. The minimum absolute atomic E-state index is 0.000363. The molecular formula is C17H17N3O6S. The summed E-state index contributed by atoms with van der Waals surface area (Å²) >= 11 is 0. The van der Waals surface area contributed by atoms with Crippen LogP contribution in [0.15, 0.2) is 53.4 Å². The summed E-state index contributed by atoms with van der Waals surface area (Å²) in [7, 11) is -2.33. The average Bonchev–Trinajstić information content (AvgIpc) is 2.98. The lowest BCUT2D eigenvalue weighted by Gasteiger charge is -2.12. The van der Waals surface area contributed by atoms with Gasteiger partial charge in [0.25, 0.3) is 5.91 Å². The second kappa shape index (κ2) is 7.64. The number of para-hydroxylation sites is 2. The van der Waals surface area contributed by atoms with Crippen LogP contribution in [0.25, 0.3) is 0 Å². The van der Waals surface area contributed by atoms with Crippen molar-refractivity contribution in [2.75, 3.05) is 13.7 Å². The van der Waals surface area contributed by atoms with E-state index in [-0.39, 0.29) is 11.4 Å². The van der Waals surface area contributed by atoms with Crippen LogP contribution in [0.4, 0.5) is 4.79 Å². The van der Waals surface area contributed by atoms with Crippen molar-refractivity contribution in [1.82, 2.24) is 15.4 Å². The Morgan fingerprint density at radius 3 is 2.30 bits per heavy atom. The number of urea groups is 1. The number of amides is 3. The third kappa shape index (κ3) is 4.36. The van der Waals surface area contributed by atoms with E-state index >= 15 is 0 Å². The second-order valence-electron chi connectivity index (χ2n) is 5.59. The summed E-state index contributed by atoms with van der Waals surface area (Å²) in [5, 5.41) is 4.35. The van der Waals surface area contributed by atoms with Crippen molar-refractivity contribution >= 4 is 22.0 Å². The van der Waals surface area contributed by atoms with Gasteiger partial charge in [0.1, 0.15) is 11.8 Å². The topological polar surface area (TPSA) is 123 Å². The van der Waals surface area contributed by atoms with Crippen LogP contribution in [0.1, 0.15) is 0 Å². The summed E-state index contributed by atoms with van der Waals surface area (Å²) in [6, 6.07) is 11.2. The Bertz CT molecular complexity index is 959. The first-order valence-corrected chi connectivity index (χ1v) is 9.39. The fourth-order valence-corrected chi connectivity index (χ4v) is 3.44. The van der Waals surface area contributed by atoms with Gasteiger partial charge in [-0.2, -0.15) is 0 Å². The third-order valence-electron chi connectivity index (χ3n) is 3.77. The SMILES string of the molecule is COc1ccccc1Oc1ccc(S(=O)(=O)NCC2NC(=O)NC2=O)cc1. The van der Waals surface area contributed by atoms with Crippen LogP contribution in [-0.2, 0) is 14.8 Å².